The number of halogens is 1. The Morgan fingerprint density at radius 3 is 2.63 bits per heavy atom. The number of ether oxygens (including phenoxy) is 3. The summed E-state index contributed by atoms with van der Waals surface area (Å²) in [6, 6.07) is 8.06. The molecular weight excluding hydrogens is 456 g/mol. The Morgan fingerprint density at radius 1 is 1.23 bits per heavy atom. The molecule has 0 unspecified atom stereocenters. The van der Waals surface area contributed by atoms with Gasteiger partial charge in [-0.05, 0) is 66.5 Å². The lowest BCUT2D eigenvalue weighted by molar-refractivity contribution is -0.385. The lowest BCUT2D eigenvalue weighted by Gasteiger charge is -2.13. The van der Waals surface area contributed by atoms with Crippen molar-refractivity contribution in [3.63, 3.8) is 0 Å². The van der Waals surface area contributed by atoms with E-state index in [0.717, 1.165) is 0 Å². The third-order valence-electron chi connectivity index (χ3n) is 4.28. The molecule has 0 atom stereocenters. The number of hydrogen-bond acceptors (Lipinski definition) is 7. The number of carbonyl (C=O) groups is 1. The van der Waals surface area contributed by atoms with Gasteiger partial charge >= 0.3 is 5.97 Å². The minimum Gasteiger partial charge on any atom is -0.490 e. The third-order valence-corrected chi connectivity index (χ3v) is 4.87. The fourth-order valence-corrected chi connectivity index (χ4v) is 3.53. The predicted molar refractivity (Wildman–Crippen MR) is 115 cm³/mol. The average molecular weight is 475 g/mol. The quantitative estimate of drug-likeness (QED) is 0.247. The second-order valence-corrected chi connectivity index (χ2v) is 7.09. The van der Waals surface area contributed by atoms with Crippen molar-refractivity contribution < 1.29 is 23.9 Å². The molecular formula is C21H19BrN2O6. The maximum Gasteiger partial charge on any atom is 0.363 e. The molecule has 2 aromatic carbocycles. The van der Waals surface area contributed by atoms with Crippen LogP contribution < -0.4 is 9.47 Å². The molecule has 0 saturated carbocycles. The van der Waals surface area contributed by atoms with Gasteiger partial charge in [0.1, 0.15) is 0 Å². The summed E-state index contributed by atoms with van der Waals surface area (Å²) in [4.78, 5) is 27.3. The highest BCUT2D eigenvalue weighted by atomic mass is 79.9. The molecule has 3 rings (SSSR count). The first-order valence-corrected chi connectivity index (χ1v) is 10.0. The van der Waals surface area contributed by atoms with Gasteiger partial charge in [0.25, 0.3) is 5.69 Å². The second kappa shape index (κ2) is 9.08. The van der Waals surface area contributed by atoms with Crippen molar-refractivity contribution in [3.05, 3.63) is 67.3 Å². The van der Waals surface area contributed by atoms with Crippen LogP contribution in [0.3, 0.4) is 0 Å². The van der Waals surface area contributed by atoms with Crippen molar-refractivity contribution >= 4 is 39.6 Å². The van der Waals surface area contributed by atoms with E-state index in [1.807, 2.05) is 13.8 Å². The maximum absolute atomic E-state index is 12.4. The van der Waals surface area contributed by atoms with Gasteiger partial charge in [-0.15, -0.1) is 0 Å². The summed E-state index contributed by atoms with van der Waals surface area (Å²) in [6.07, 6.45) is 1.56. The van der Waals surface area contributed by atoms with Gasteiger partial charge in [0.05, 0.1) is 22.6 Å². The number of nitro groups is 1. The number of cyclic esters (lactones) is 1. The van der Waals surface area contributed by atoms with Gasteiger partial charge < -0.3 is 14.2 Å². The van der Waals surface area contributed by atoms with Gasteiger partial charge in [-0.1, -0.05) is 6.07 Å². The normalized spacial score (nSPS) is 14.5. The van der Waals surface area contributed by atoms with E-state index in [1.54, 1.807) is 31.2 Å². The van der Waals surface area contributed by atoms with Crippen molar-refractivity contribution in [2.24, 2.45) is 4.99 Å². The number of nitro benzene ring substituents is 1. The topological polar surface area (TPSA) is 100 Å². The first-order chi connectivity index (χ1) is 14.3. The Kier molecular flexibility index (Phi) is 6.51. The van der Waals surface area contributed by atoms with E-state index in [9.17, 15) is 14.9 Å². The van der Waals surface area contributed by atoms with Crippen LogP contribution in [0, 0.1) is 17.0 Å². The van der Waals surface area contributed by atoms with Crippen LogP contribution in [0.1, 0.15) is 30.5 Å². The lowest BCUT2D eigenvalue weighted by atomic mass is 10.1. The molecule has 1 aliphatic rings. The monoisotopic (exact) mass is 474 g/mol. The van der Waals surface area contributed by atoms with E-state index in [1.165, 1.54) is 12.1 Å². The Hall–Kier alpha value is -3.20. The SMILES string of the molecule is CCOc1cc(/C=C2\N=C(c3cccc([N+](=O)[O-])c3C)OC2=O)cc(Br)c1OCC. The zero-order chi connectivity index (χ0) is 21.8. The van der Waals surface area contributed by atoms with Crippen LogP contribution in [0.15, 0.2) is 45.5 Å². The molecule has 9 heteroatoms. The summed E-state index contributed by atoms with van der Waals surface area (Å²) in [5, 5.41) is 11.2. The summed E-state index contributed by atoms with van der Waals surface area (Å²) in [5.74, 6) is 0.499. The second-order valence-electron chi connectivity index (χ2n) is 6.24. The number of nitrogens with zero attached hydrogens (tertiary/aromatic N) is 2. The van der Waals surface area contributed by atoms with Gasteiger partial charge in [-0.25, -0.2) is 9.79 Å². The summed E-state index contributed by atoms with van der Waals surface area (Å²) >= 11 is 3.46. The van der Waals surface area contributed by atoms with Crippen LogP contribution in [0.2, 0.25) is 0 Å². The van der Waals surface area contributed by atoms with Crippen molar-refractivity contribution in [2.75, 3.05) is 13.2 Å². The molecule has 0 radical (unpaired) electrons. The van der Waals surface area contributed by atoms with E-state index >= 15 is 0 Å². The van der Waals surface area contributed by atoms with E-state index in [-0.39, 0.29) is 17.3 Å². The van der Waals surface area contributed by atoms with Crippen molar-refractivity contribution in [2.45, 2.75) is 20.8 Å². The van der Waals surface area contributed by atoms with Crippen LogP contribution in [0.5, 0.6) is 11.5 Å². The van der Waals surface area contributed by atoms with E-state index in [2.05, 4.69) is 20.9 Å². The first-order valence-electron chi connectivity index (χ1n) is 9.21. The number of carbonyl (C=O) groups excluding carboxylic acids is 1. The first kappa shape index (κ1) is 21.5. The highest BCUT2D eigenvalue weighted by molar-refractivity contribution is 9.10. The van der Waals surface area contributed by atoms with Gasteiger partial charge in [0, 0.05) is 17.2 Å². The molecule has 156 valence electrons. The average Bonchev–Trinajstić information content (AvgIpc) is 3.05. The fourth-order valence-electron chi connectivity index (χ4n) is 2.95. The molecule has 0 fully saturated rings. The molecule has 0 N–H and O–H groups in total. The molecule has 2 aromatic rings. The van der Waals surface area contributed by atoms with E-state index in [4.69, 9.17) is 14.2 Å². The predicted octanol–water partition coefficient (Wildman–Crippen LogP) is 4.81. The van der Waals surface area contributed by atoms with Crippen molar-refractivity contribution in [1.29, 1.82) is 0 Å². The number of benzene rings is 2. The fraction of sp³-hybridized carbons (Fsp3) is 0.238. The summed E-state index contributed by atoms with van der Waals surface area (Å²) in [5.41, 5.74) is 1.43. The van der Waals surface area contributed by atoms with Gasteiger partial charge in [0.2, 0.25) is 5.90 Å². The minimum atomic E-state index is -0.640. The molecule has 30 heavy (non-hydrogen) atoms. The van der Waals surface area contributed by atoms with Gasteiger partial charge in [-0.3, -0.25) is 10.1 Å². The Labute approximate surface area is 181 Å². The van der Waals surface area contributed by atoms with Crippen LogP contribution in [-0.4, -0.2) is 30.0 Å². The number of rotatable bonds is 7. The number of aliphatic imine (C=N–C) groups is 1. The molecule has 0 saturated heterocycles. The van der Waals surface area contributed by atoms with Crippen molar-refractivity contribution in [1.82, 2.24) is 0 Å². The van der Waals surface area contributed by atoms with Crippen LogP contribution >= 0.6 is 15.9 Å². The highest BCUT2D eigenvalue weighted by Gasteiger charge is 2.27. The smallest absolute Gasteiger partial charge is 0.363 e. The molecule has 1 aliphatic heterocycles. The van der Waals surface area contributed by atoms with E-state index in [0.29, 0.717) is 45.9 Å². The Balaban J connectivity index is 2.01. The molecule has 0 aliphatic carbocycles. The third kappa shape index (κ3) is 4.35. The summed E-state index contributed by atoms with van der Waals surface area (Å²) < 4.78 is 17.2. The summed E-state index contributed by atoms with van der Waals surface area (Å²) in [7, 11) is 0. The molecule has 1 heterocycles. The maximum atomic E-state index is 12.4. The molecule has 0 amide bonds. The zero-order valence-corrected chi connectivity index (χ0v) is 18.2. The van der Waals surface area contributed by atoms with Crippen LogP contribution in [0.4, 0.5) is 5.69 Å². The van der Waals surface area contributed by atoms with Gasteiger partial charge in [-0.2, -0.15) is 0 Å². The van der Waals surface area contributed by atoms with E-state index < -0.39 is 10.9 Å². The molecule has 0 aromatic heterocycles. The largest absolute Gasteiger partial charge is 0.490 e. The Morgan fingerprint density at radius 2 is 1.97 bits per heavy atom. The standard InChI is InChI=1S/C21H19BrN2O6/c1-4-28-18-11-13(9-15(22)19(18)29-5-2)10-16-21(25)30-20(23-16)14-7-6-8-17(12(14)3)24(26)27/h6-11H,4-5H2,1-3H3/b16-10-. The summed E-state index contributed by atoms with van der Waals surface area (Å²) in [6.45, 7) is 6.24. The van der Waals surface area contributed by atoms with Gasteiger partial charge in [0.15, 0.2) is 17.2 Å². The highest BCUT2D eigenvalue weighted by Crippen LogP contribution is 2.38. The molecule has 0 spiro atoms. The molecule has 0 bridgehead atoms. The number of esters is 1. The molecule has 8 nitrogen and oxygen atoms in total. The minimum absolute atomic E-state index is 0.0301. The van der Waals surface area contributed by atoms with Crippen LogP contribution in [-0.2, 0) is 9.53 Å². The Bertz CT molecular complexity index is 1080. The zero-order valence-electron chi connectivity index (χ0n) is 16.6. The van der Waals surface area contributed by atoms with Crippen LogP contribution in [0.25, 0.3) is 6.08 Å². The van der Waals surface area contributed by atoms with Crippen molar-refractivity contribution in [3.8, 4) is 11.5 Å². The number of hydrogen-bond donors (Lipinski definition) is 0. The lowest BCUT2D eigenvalue weighted by Crippen LogP contribution is -2.08.